The molecule has 2 aromatic heterocycles. The largest absolute Gasteiger partial charge is 0.457 e. The number of esters is 1. The van der Waals surface area contributed by atoms with Crippen LogP contribution in [0.2, 0.25) is 0 Å². The summed E-state index contributed by atoms with van der Waals surface area (Å²) in [5.74, 6) is 0.104. The van der Waals surface area contributed by atoms with Gasteiger partial charge in [-0.05, 0) is 31.7 Å². The number of hydrogen-bond acceptors (Lipinski definition) is 7. The monoisotopic (exact) mass is 447 g/mol. The van der Waals surface area contributed by atoms with Crippen molar-refractivity contribution in [1.82, 2.24) is 14.9 Å². The summed E-state index contributed by atoms with van der Waals surface area (Å²) in [6, 6.07) is 0.385. The van der Waals surface area contributed by atoms with Crippen LogP contribution >= 0.6 is 11.3 Å². The summed E-state index contributed by atoms with van der Waals surface area (Å²) in [6.07, 6.45) is 8.64. The number of aliphatic hydroxyl groups excluding tert-OH is 1. The Morgan fingerprint density at radius 3 is 2.84 bits per heavy atom. The summed E-state index contributed by atoms with van der Waals surface area (Å²) < 4.78 is 5.15. The number of ether oxygens (including phenoxy) is 1. The second-order valence-electron chi connectivity index (χ2n) is 8.30. The number of H-pyrrole nitrogens is 1. The molecular formula is C23H33N3O4S. The average molecular weight is 448 g/mol. The van der Waals surface area contributed by atoms with Gasteiger partial charge in [-0.1, -0.05) is 45.3 Å². The van der Waals surface area contributed by atoms with E-state index in [2.05, 4.69) is 28.4 Å². The number of aromatic amines is 1. The minimum absolute atomic E-state index is 0.123. The molecule has 0 spiro atoms. The van der Waals surface area contributed by atoms with Crippen LogP contribution in [-0.4, -0.2) is 51.2 Å². The van der Waals surface area contributed by atoms with Gasteiger partial charge < -0.3 is 14.8 Å². The predicted octanol–water partition coefficient (Wildman–Crippen LogP) is 3.93. The first-order chi connectivity index (χ1) is 14.9. The Kier molecular flexibility index (Phi) is 8.40. The Morgan fingerprint density at radius 2 is 2.16 bits per heavy atom. The van der Waals surface area contributed by atoms with Crippen LogP contribution in [0.15, 0.2) is 17.4 Å². The standard InChI is InChI=1S/C23H33N3O4S/c1-4-9-17(27)13-26(16-10-7-6-8-11-16)14-18-24-21(28)19-15(3)20(31-22(19)25-18)23(29)30-12-5-2/h5,16-17,27H,2,4,6-14H2,1,3H3,(H,24,25,28). The van der Waals surface area contributed by atoms with E-state index in [0.717, 1.165) is 25.7 Å². The van der Waals surface area contributed by atoms with Gasteiger partial charge in [0.15, 0.2) is 0 Å². The molecule has 2 N–H and O–H groups in total. The highest BCUT2D eigenvalue weighted by Crippen LogP contribution is 2.28. The molecule has 3 rings (SSSR count). The number of hydrogen-bond donors (Lipinski definition) is 2. The van der Waals surface area contributed by atoms with Crippen LogP contribution in [0.5, 0.6) is 0 Å². The first-order valence-electron chi connectivity index (χ1n) is 11.2. The molecule has 0 aliphatic heterocycles. The lowest BCUT2D eigenvalue weighted by Gasteiger charge is -2.35. The van der Waals surface area contributed by atoms with Crippen LogP contribution in [0.25, 0.3) is 10.2 Å². The van der Waals surface area contributed by atoms with E-state index in [1.165, 1.54) is 36.7 Å². The number of carbonyl (C=O) groups excluding carboxylic acids is 1. The summed E-state index contributed by atoms with van der Waals surface area (Å²) >= 11 is 1.19. The van der Waals surface area contributed by atoms with Crippen molar-refractivity contribution in [3.63, 3.8) is 0 Å². The van der Waals surface area contributed by atoms with Gasteiger partial charge in [-0.25, -0.2) is 9.78 Å². The fourth-order valence-electron chi connectivity index (χ4n) is 4.33. The molecule has 1 aliphatic rings. The van der Waals surface area contributed by atoms with Gasteiger partial charge in [0.2, 0.25) is 0 Å². The summed E-state index contributed by atoms with van der Waals surface area (Å²) in [7, 11) is 0. The number of aromatic nitrogens is 2. The number of aryl methyl sites for hydroxylation is 1. The lowest BCUT2D eigenvalue weighted by atomic mass is 9.93. The van der Waals surface area contributed by atoms with Crippen LogP contribution < -0.4 is 5.56 Å². The molecule has 1 atom stereocenters. The second-order valence-corrected chi connectivity index (χ2v) is 9.30. The zero-order valence-corrected chi connectivity index (χ0v) is 19.3. The average Bonchev–Trinajstić information content (AvgIpc) is 3.09. The number of nitrogens with one attached hydrogen (secondary N) is 1. The molecule has 1 fully saturated rings. The van der Waals surface area contributed by atoms with Crippen molar-refractivity contribution in [3.05, 3.63) is 39.3 Å². The topological polar surface area (TPSA) is 95.5 Å². The first kappa shape index (κ1) is 23.6. The van der Waals surface area contributed by atoms with E-state index < -0.39 is 12.1 Å². The smallest absolute Gasteiger partial charge is 0.348 e. The SMILES string of the molecule is C=CCOC(=O)c1sc2nc(CN(CC(O)CCC)C3CCCCC3)[nH]c(=O)c2c1C. The van der Waals surface area contributed by atoms with Crippen LogP contribution in [0, 0.1) is 6.92 Å². The summed E-state index contributed by atoms with van der Waals surface area (Å²) in [5.41, 5.74) is 0.353. The van der Waals surface area contributed by atoms with Gasteiger partial charge in [0.05, 0.1) is 18.0 Å². The molecule has 0 amide bonds. The zero-order chi connectivity index (χ0) is 22.4. The van der Waals surface area contributed by atoms with Crippen LogP contribution in [0.1, 0.15) is 72.9 Å². The van der Waals surface area contributed by atoms with Crippen LogP contribution in [0.3, 0.4) is 0 Å². The van der Waals surface area contributed by atoms with E-state index in [9.17, 15) is 14.7 Å². The highest BCUT2D eigenvalue weighted by atomic mass is 32.1. The minimum Gasteiger partial charge on any atom is -0.457 e. The Labute approximate surface area is 187 Å². The zero-order valence-electron chi connectivity index (χ0n) is 18.5. The highest BCUT2D eigenvalue weighted by Gasteiger charge is 2.25. The van der Waals surface area contributed by atoms with E-state index in [1.54, 1.807) is 6.92 Å². The van der Waals surface area contributed by atoms with Crippen molar-refractivity contribution in [2.24, 2.45) is 0 Å². The molecule has 7 nitrogen and oxygen atoms in total. The maximum atomic E-state index is 12.8. The van der Waals surface area contributed by atoms with E-state index >= 15 is 0 Å². The molecule has 0 radical (unpaired) electrons. The lowest BCUT2D eigenvalue weighted by Crippen LogP contribution is -2.41. The van der Waals surface area contributed by atoms with Gasteiger partial charge in [0, 0.05) is 12.6 Å². The van der Waals surface area contributed by atoms with Crippen molar-refractivity contribution < 1.29 is 14.6 Å². The molecule has 0 bridgehead atoms. The predicted molar refractivity (Wildman–Crippen MR) is 124 cm³/mol. The highest BCUT2D eigenvalue weighted by molar-refractivity contribution is 7.20. The fourth-order valence-corrected chi connectivity index (χ4v) is 5.43. The Hall–Kier alpha value is -2.03. The van der Waals surface area contributed by atoms with Crippen LogP contribution in [-0.2, 0) is 11.3 Å². The molecule has 0 saturated heterocycles. The summed E-state index contributed by atoms with van der Waals surface area (Å²) in [4.78, 5) is 35.9. The molecule has 2 heterocycles. The van der Waals surface area contributed by atoms with Gasteiger partial charge in [0.1, 0.15) is 22.1 Å². The van der Waals surface area contributed by atoms with Crippen LogP contribution in [0.4, 0.5) is 0 Å². The second kappa shape index (κ2) is 11.0. The van der Waals surface area contributed by atoms with Gasteiger partial charge in [-0.15, -0.1) is 11.3 Å². The van der Waals surface area contributed by atoms with Crippen molar-refractivity contribution >= 4 is 27.5 Å². The summed E-state index contributed by atoms with van der Waals surface area (Å²) in [6.45, 7) is 8.54. The van der Waals surface area contributed by atoms with E-state index in [1.807, 2.05) is 0 Å². The van der Waals surface area contributed by atoms with Crippen molar-refractivity contribution in [2.75, 3.05) is 13.2 Å². The molecule has 8 heteroatoms. The third kappa shape index (κ3) is 5.81. The maximum absolute atomic E-state index is 12.8. The molecule has 31 heavy (non-hydrogen) atoms. The van der Waals surface area contributed by atoms with E-state index in [4.69, 9.17) is 4.74 Å². The fraction of sp³-hybridized carbons (Fsp3) is 0.609. The minimum atomic E-state index is -0.465. The van der Waals surface area contributed by atoms with Gasteiger partial charge in [-0.2, -0.15) is 0 Å². The molecule has 1 unspecified atom stereocenters. The number of thiophene rings is 1. The molecule has 1 aliphatic carbocycles. The normalized spacial score (nSPS) is 16.0. The molecular weight excluding hydrogens is 414 g/mol. The van der Waals surface area contributed by atoms with Gasteiger partial charge >= 0.3 is 5.97 Å². The third-order valence-electron chi connectivity index (χ3n) is 5.88. The molecule has 1 saturated carbocycles. The number of carbonyl (C=O) groups is 1. The van der Waals surface area contributed by atoms with Gasteiger partial charge in [-0.3, -0.25) is 9.69 Å². The third-order valence-corrected chi connectivity index (χ3v) is 7.04. The Balaban J connectivity index is 1.88. The maximum Gasteiger partial charge on any atom is 0.348 e. The van der Waals surface area contributed by atoms with E-state index in [0.29, 0.717) is 45.6 Å². The number of nitrogens with zero attached hydrogens (tertiary/aromatic N) is 2. The Bertz CT molecular complexity index is 962. The lowest BCUT2D eigenvalue weighted by molar-refractivity contribution is 0.0554. The van der Waals surface area contributed by atoms with Crippen molar-refractivity contribution in [3.8, 4) is 0 Å². The van der Waals surface area contributed by atoms with Gasteiger partial charge in [0.25, 0.3) is 5.56 Å². The molecule has 0 aromatic carbocycles. The van der Waals surface area contributed by atoms with E-state index in [-0.39, 0.29) is 12.2 Å². The first-order valence-corrected chi connectivity index (χ1v) is 12.0. The quantitative estimate of drug-likeness (QED) is 0.423. The Morgan fingerprint density at radius 1 is 1.42 bits per heavy atom. The molecule has 2 aromatic rings. The van der Waals surface area contributed by atoms with Crippen molar-refractivity contribution in [1.29, 1.82) is 0 Å². The molecule has 170 valence electrons. The number of fused-ring (bicyclic) bond motifs is 1. The number of rotatable bonds is 10. The number of aliphatic hydroxyl groups is 1. The summed E-state index contributed by atoms with van der Waals surface area (Å²) in [5, 5.41) is 10.9. The van der Waals surface area contributed by atoms with Crippen molar-refractivity contribution in [2.45, 2.75) is 77.5 Å².